The first-order valence-corrected chi connectivity index (χ1v) is 40.5. The van der Waals surface area contributed by atoms with Gasteiger partial charge in [-0.2, -0.15) is 0 Å². The number of likely N-dealkylation sites (N-methyl/N-ethyl adjacent to an activating group) is 1. The number of aromatic hydroxyl groups is 1. The van der Waals surface area contributed by atoms with E-state index in [1.165, 1.54) is 67.9 Å². The van der Waals surface area contributed by atoms with Gasteiger partial charge in [-0.25, -0.2) is 0 Å². The number of carbonyl (C=O) groups excluding carboxylic acids is 13. The largest absolute Gasteiger partial charge is 0.508 e. The number of fused-ring (bicyclic) bond motifs is 1. The molecule has 1 unspecified atom stereocenters. The van der Waals surface area contributed by atoms with E-state index in [-0.39, 0.29) is 95.0 Å². The normalized spacial score (nSPS) is 16.1. The van der Waals surface area contributed by atoms with Crippen LogP contribution in [-0.4, -0.2) is 226 Å². The van der Waals surface area contributed by atoms with Crippen molar-refractivity contribution < 1.29 is 77.3 Å². The summed E-state index contributed by atoms with van der Waals surface area (Å²) in [6.07, 6.45) is 7.59. The van der Waals surface area contributed by atoms with Crippen LogP contribution in [0.2, 0.25) is 5.02 Å². The summed E-state index contributed by atoms with van der Waals surface area (Å²) in [7, 11) is 1.23. The number of aliphatic hydroxyl groups is 1. The number of nitrogens with one attached hydrogen (secondary N) is 11. The Balaban J connectivity index is 1.06. The van der Waals surface area contributed by atoms with Gasteiger partial charge in [-0.3, -0.25) is 72.3 Å². The van der Waals surface area contributed by atoms with Crippen molar-refractivity contribution in [2.24, 2.45) is 11.7 Å². The highest BCUT2D eigenvalue weighted by Gasteiger charge is 2.41. The second-order valence-corrected chi connectivity index (χ2v) is 31.0. The lowest BCUT2D eigenvalue weighted by atomic mass is 9.99. The zero-order valence-corrected chi connectivity index (χ0v) is 68.2. The van der Waals surface area contributed by atoms with Gasteiger partial charge in [0.05, 0.1) is 18.7 Å². The summed E-state index contributed by atoms with van der Waals surface area (Å²) in [5, 5.41) is 54.5. The van der Waals surface area contributed by atoms with Gasteiger partial charge >= 0.3 is 0 Å². The predicted molar refractivity (Wildman–Crippen MR) is 440 cm³/mol. The highest BCUT2D eigenvalue weighted by Crippen LogP contribution is 2.24. The molecule has 6 aromatic rings. The van der Waals surface area contributed by atoms with E-state index in [1.807, 2.05) is 64.1 Å². The molecule has 32 nitrogen and oxygen atoms in total. The number of likely N-dealkylation sites (tertiary alicyclic amines) is 1. The number of nitrogens with two attached hydrogens (primary N) is 1. The summed E-state index contributed by atoms with van der Waals surface area (Å²) < 4.78 is 5.49. The van der Waals surface area contributed by atoms with Gasteiger partial charge in [-0.15, -0.1) is 0 Å². The number of aromatic nitrogens is 2. The van der Waals surface area contributed by atoms with E-state index < -0.39 is 156 Å². The molecular formula is C85H111ClN16O16. The number of halogens is 1. The number of hydrogen-bond acceptors (Lipinski definition) is 19. The highest BCUT2D eigenvalue weighted by atomic mass is 35.5. The van der Waals surface area contributed by atoms with Gasteiger partial charge in [-0.1, -0.05) is 112 Å². The number of carbonyl (C=O) groups is 13. The average molecular weight is 1650 g/mol. The fraction of sp³-hybridized carbons (Fsp3) is 0.471. The van der Waals surface area contributed by atoms with Gasteiger partial charge < -0.3 is 89.0 Å². The highest BCUT2D eigenvalue weighted by molar-refractivity contribution is 6.30. The van der Waals surface area contributed by atoms with Crippen LogP contribution in [0.4, 0.5) is 0 Å². The second kappa shape index (κ2) is 46.5. The molecule has 13 amide bonds. The molecule has 4 heterocycles. The van der Waals surface area contributed by atoms with Crippen LogP contribution in [0, 0.1) is 5.92 Å². The Hall–Kier alpha value is -11.5. The lowest BCUT2D eigenvalue weighted by Crippen LogP contribution is -2.62. The van der Waals surface area contributed by atoms with E-state index in [1.54, 1.807) is 54.6 Å². The molecule has 0 bridgehead atoms. The number of aliphatic hydroxyl groups excluding tert-OH is 1. The van der Waals surface area contributed by atoms with E-state index >= 15 is 24.0 Å². The number of phenolic OH excluding ortho intramolecular Hbond substituents is 1. The molecule has 33 heteroatoms. The molecule has 2 aromatic heterocycles. The van der Waals surface area contributed by atoms with E-state index in [4.69, 9.17) is 22.1 Å². The summed E-state index contributed by atoms with van der Waals surface area (Å²) in [6, 6.07) is 17.8. The van der Waals surface area contributed by atoms with Crippen molar-refractivity contribution in [2.75, 3.05) is 46.4 Å². The number of hydrogen-bond donors (Lipinski definition) is 14. The number of rotatable bonds is 45. The number of benzene rings is 4. The van der Waals surface area contributed by atoms with Gasteiger partial charge in [0.25, 0.3) is 5.91 Å². The van der Waals surface area contributed by atoms with E-state index in [0.29, 0.717) is 78.1 Å². The molecule has 0 spiro atoms. The van der Waals surface area contributed by atoms with Gasteiger partial charge in [-0.05, 0) is 166 Å². The number of phenols is 1. The van der Waals surface area contributed by atoms with Crippen LogP contribution >= 0.6 is 11.6 Å². The lowest BCUT2D eigenvalue weighted by molar-refractivity contribution is -0.144. The zero-order chi connectivity index (χ0) is 85.4. The molecule has 0 saturated carbocycles. The van der Waals surface area contributed by atoms with Crippen molar-refractivity contribution in [1.29, 1.82) is 0 Å². The molecule has 2 aliphatic rings. The molecule has 2 aliphatic heterocycles. The number of amides is 13. The Labute approximate surface area is 691 Å². The van der Waals surface area contributed by atoms with Crippen molar-refractivity contribution >= 4 is 99.2 Å². The molecule has 15 N–H and O–H groups in total. The Kier molecular flexibility index (Phi) is 36.2. The lowest BCUT2D eigenvalue weighted by Gasteiger charge is -2.33. The van der Waals surface area contributed by atoms with Crippen molar-refractivity contribution in [3.8, 4) is 5.75 Å². The summed E-state index contributed by atoms with van der Waals surface area (Å²) in [5.74, 6) is -10.3. The number of nitrogens with zero attached hydrogens (tertiary/aromatic N) is 4. The first kappa shape index (κ1) is 92.0. The third-order valence-corrected chi connectivity index (χ3v) is 20.7. The van der Waals surface area contributed by atoms with Crippen LogP contribution in [0.5, 0.6) is 5.75 Å². The Morgan fingerprint density at radius 3 is 1.75 bits per heavy atom. The number of unbranched alkanes of at least 4 members (excludes halogenated alkanes) is 2. The quantitative estimate of drug-likeness (QED) is 0.0244. The average Bonchev–Trinajstić information content (AvgIpc) is 1.44. The Morgan fingerprint density at radius 1 is 0.559 bits per heavy atom. The minimum atomic E-state index is -1.86. The van der Waals surface area contributed by atoms with Crippen molar-refractivity contribution in [2.45, 2.75) is 203 Å². The van der Waals surface area contributed by atoms with Gasteiger partial charge in [0, 0.05) is 88.3 Å². The number of pyridine rings is 2. The van der Waals surface area contributed by atoms with Crippen LogP contribution in [0.25, 0.3) is 10.8 Å². The molecule has 2 saturated heterocycles. The first-order valence-electron chi connectivity index (χ1n) is 40.1. The SMILES string of the molecule is CC(C)C[C@H](NC(=O)[C@@H](CCCCNC(=O)c1cccnc1)NC(=O)[C@H](Cc1ccc(O)cc1)N(C)C(=O)[C@H](CO)NC(=O)[C@@H](Cc1cccnc1)NC(=O)[C@@H](Cc1ccc(Cl)cc1)NC(=O)[C@@H](Cc1ccc2ccccc2c1)NC(=O)CNC(=O)C1CCCO1)C(=O)N[C@@H](CCCCNC(C)C)C(=O)N1CCC[C@H]1C(=O)N[C@H](C)C(N)=O. The maximum absolute atomic E-state index is 15.4. The van der Waals surface area contributed by atoms with Gasteiger partial charge in [0.1, 0.15) is 72.3 Å². The number of primary amides is 1. The summed E-state index contributed by atoms with van der Waals surface area (Å²) >= 11 is 6.31. The van der Waals surface area contributed by atoms with Crippen LogP contribution in [0.15, 0.2) is 140 Å². The fourth-order valence-corrected chi connectivity index (χ4v) is 14.0. The second-order valence-electron chi connectivity index (χ2n) is 30.6. The van der Waals surface area contributed by atoms with Crippen LogP contribution in [0.1, 0.15) is 138 Å². The summed E-state index contributed by atoms with van der Waals surface area (Å²) in [4.78, 5) is 197. The van der Waals surface area contributed by atoms with Crippen molar-refractivity contribution in [3.63, 3.8) is 0 Å². The molecule has 8 rings (SSSR count). The molecule has 0 radical (unpaired) electrons. The molecule has 0 aliphatic carbocycles. The molecule has 2 fully saturated rings. The van der Waals surface area contributed by atoms with Crippen LogP contribution in [-0.2, 0) is 88.0 Å². The van der Waals surface area contributed by atoms with Crippen LogP contribution in [0.3, 0.4) is 0 Å². The Bertz CT molecular complexity index is 4390. The zero-order valence-electron chi connectivity index (χ0n) is 67.5. The Morgan fingerprint density at radius 2 is 1.13 bits per heavy atom. The first-order chi connectivity index (χ1) is 56.5. The minimum absolute atomic E-state index is 0.0236. The molecule has 118 heavy (non-hydrogen) atoms. The molecule has 11 atom stereocenters. The minimum Gasteiger partial charge on any atom is -0.508 e. The van der Waals surface area contributed by atoms with Gasteiger partial charge in [0.2, 0.25) is 70.9 Å². The molecule has 4 aromatic carbocycles. The molecular weight excluding hydrogens is 1540 g/mol. The topological polar surface area (TPSA) is 462 Å². The monoisotopic (exact) mass is 1650 g/mol. The van der Waals surface area contributed by atoms with E-state index in [2.05, 4.69) is 68.5 Å². The fourth-order valence-electron chi connectivity index (χ4n) is 13.9. The third-order valence-electron chi connectivity index (χ3n) is 20.4. The number of ether oxygens (including phenoxy) is 1. The maximum Gasteiger partial charge on any atom is 0.252 e. The molecule has 634 valence electrons. The van der Waals surface area contributed by atoms with Crippen molar-refractivity contribution in [3.05, 3.63) is 173 Å². The van der Waals surface area contributed by atoms with Crippen molar-refractivity contribution in [1.82, 2.24) is 78.3 Å². The van der Waals surface area contributed by atoms with Gasteiger partial charge in [0.15, 0.2) is 0 Å². The standard InChI is InChI=1S/C85H111ClN16O16/c1-51(2)41-65(77(109)96-64(22-10-11-37-90-52(3)4)85(117)102-39-15-23-70(102)81(113)93-53(5)74(87)106)97-76(108)63(21-9-12-38-91-75(107)60-20-14-36-89-48-60)95-82(114)71(46-55-28-33-62(104)34-29-55)101(6)84(116)69(50-103)100-80(112)68(45-57-17-13-35-88-47-57)99-79(111)67(43-54-26-31-61(86)32-27-54)98-78(110)66(44-56-25-30-58-18-7-8-19-59(58)42-56)94-73(105)49-92-83(115)72-24-16-40-118-72/h7-8,13-14,17-20,25-36,42,47-48,51-53,63-72,90,103-104H,9-12,15-16,21-24,37-41,43-46,49-50H2,1-6H3,(H2,87,106)(H,91,107)(H,92,115)(H,93,113)(H,94,105)(H,95,114)(H,96,109)(H,97,108)(H,98,110)(H,99,111)(H,100,112)/t53-,63-,64+,65+,66-,67-,68-,69+,70+,71+,72?/m1/s1. The summed E-state index contributed by atoms with van der Waals surface area (Å²) in [5.41, 5.74) is 7.70. The maximum atomic E-state index is 15.4. The summed E-state index contributed by atoms with van der Waals surface area (Å²) in [6.45, 7) is 8.70. The van der Waals surface area contributed by atoms with E-state index in [0.717, 1.165) is 15.7 Å². The predicted octanol–water partition coefficient (Wildman–Crippen LogP) is 2.56. The smallest absolute Gasteiger partial charge is 0.252 e. The van der Waals surface area contributed by atoms with Crippen LogP contribution < -0.4 is 64.2 Å². The third kappa shape index (κ3) is 29.0. The van der Waals surface area contributed by atoms with E-state index in [9.17, 15) is 48.6 Å².